The van der Waals surface area contributed by atoms with Gasteiger partial charge in [0.2, 0.25) is 0 Å². The van der Waals surface area contributed by atoms with Gasteiger partial charge in [0.15, 0.2) is 0 Å². The minimum Gasteiger partial charge on any atom is -0.491 e. The summed E-state index contributed by atoms with van der Waals surface area (Å²) < 4.78 is 5.38. The number of rotatable bonds is 5. The summed E-state index contributed by atoms with van der Waals surface area (Å²) in [4.78, 5) is 13.6. The Labute approximate surface area is 124 Å². The molecule has 1 aliphatic rings. The molecule has 1 atom stereocenters. The van der Waals surface area contributed by atoms with Crippen molar-refractivity contribution >= 4 is 6.03 Å². The summed E-state index contributed by atoms with van der Waals surface area (Å²) in [7, 11) is 0. The molecule has 6 nitrogen and oxygen atoms in total. The molecule has 0 radical (unpaired) electrons. The van der Waals surface area contributed by atoms with Gasteiger partial charge in [-0.05, 0) is 31.4 Å². The predicted octanol–water partition coefficient (Wildman–Crippen LogP) is 1.72. The molecule has 116 valence electrons. The largest absolute Gasteiger partial charge is 0.491 e. The van der Waals surface area contributed by atoms with Gasteiger partial charge >= 0.3 is 6.03 Å². The summed E-state index contributed by atoms with van der Waals surface area (Å²) in [6.45, 7) is 1.18. The lowest BCUT2D eigenvalue weighted by molar-refractivity contribution is -0.0859. The number of hydrogen-bond acceptors (Lipinski definition) is 4. The molecule has 21 heavy (non-hydrogen) atoms. The molecule has 0 aliphatic carbocycles. The number of piperidine rings is 1. The van der Waals surface area contributed by atoms with Crippen LogP contribution in [0, 0.1) is 0 Å². The third-order valence-corrected chi connectivity index (χ3v) is 3.42. The Morgan fingerprint density at radius 1 is 1.24 bits per heavy atom. The molecule has 1 aliphatic heterocycles. The Morgan fingerprint density at radius 3 is 2.57 bits per heavy atom. The molecule has 1 aromatic carbocycles. The Hall–Kier alpha value is -1.79. The van der Waals surface area contributed by atoms with E-state index in [0.717, 1.165) is 19.3 Å². The second-order valence-electron chi connectivity index (χ2n) is 5.19. The fourth-order valence-electron chi connectivity index (χ4n) is 2.29. The number of benzene rings is 1. The molecule has 0 saturated carbocycles. The number of carbonyl (C=O) groups is 1. The average Bonchev–Trinajstić information content (AvgIpc) is 2.54. The normalized spacial score (nSPS) is 16.4. The number of amides is 2. The van der Waals surface area contributed by atoms with E-state index in [4.69, 9.17) is 4.74 Å². The monoisotopic (exact) mass is 294 g/mol. The number of carbonyl (C=O) groups excluding carboxylic acids is 1. The molecule has 0 bridgehead atoms. The first kappa shape index (κ1) is 15.6. The number of hydroxylamine groups is 2. The number of hydrogen-bond donors (Lipinski definition) is 2. The molecule has 1 aromatic rings. The second-order valence-corrected chi connectivity index (χ2v) is 5.19. The van der Waals surface area contributed by atoms with Gasteiger partial charge in [0.1, 0.15) is 18.5 Å². The molecule has 1 unspecified atom stereocenters. The molecule has 0 aromatic heterocycles. The summed E-state index contributed by atoms with van der Waals surface area (Å²) >= 11 is 0. The van der Waals surface area contributed by atoms with Crippen LogP contribution in [0.3, 0.4) is 0 Å². The van der Waals surface area contributed by atoms with Gasteiger partial charge in [-0.3, -0.25) is 5.21 Å². The van der Waals surface area contributed by atoms with E-state index in [0.29, 0.717) is 23.9 Å². The van der Waals surface area contributed by atoms with Crippen LogP contribution in [0.15, 0.2) is 30.3 Å². The fourth-order valence-corrected chi connectivity index (χ4v) is 2.29. The smallest absolute Gasteiger partial charge is 0.343 e. The molecule has 1 saturated heterocycles. The van der Waals surface area contributed by atoms with Gasteiger partial charge in [0.05, 0.1) is 6.54 Å². The first-order valence-electron chi connectivity index (χ1n) is 7.28. The topological polar surface area (TPSA) is 73.2 Å². The maximum atomic E-state index is 12.0. The van der Waals surface area contributed by atoms with Crippen molar-refractivity contribution in [1.82, 2.24) is 9.96 Å². The Balaban J connectivity index is 1.73. The third-order valence-electron chi connectivity index (χ3n) is 3.42. The lowest BCUT2D eigenvalue weighted by Gasteiger charge is -2.30. The average molecular weight is 294 g/mol. The van der Waals surface area contributed by atoms with Crippen LogP contribution in [0.25, 0.3) is 0 Å². The molecular weight excluding hydrogens is 272 g/mol. The highest BCUT2D eigenvalue weighted by molar-refractivity contribution is 5.73. The number of likely N-dealkylation sites (tertiary alicyclic amines) is 1. The van der Waals surface area contributed by atoms with Crippen LogP contribution in [0.5, 0.6) is 5.75 Å². The van der Waals surface area contributed by atoms with Crippen molar-refractivity contribution < 1.29 is 19.8 Å². The van der Waals surface area contributed by atoms with Crippen molar-refractivity contribution in [2.45, 2.75) is 25.4 Å². The van der Waals surface area contributed by atoms with E-state index in [2.05, 4.69) is 0 Å². The number of urea groups is 1. The standard InChI is InChI=1S/C15H22N2O4/c18-13(12-21-14-7-3-1-4-8-14)11-17(20)15(19)16-9-5-2-6-10-16/h1,3-4,7-8,13,18,20H,2,5-6,9-12H2. The van der Waals surface area contributed by atoms with Crippen molar-refractivity contribution in [2.75, 3.05) is 26.2 Å². The molecule has 6 heteroatoms. The highest BCUT2D eigenvalue weighted by Crippen LogP contribution is 2.11. The van der Waals surface area contributed by atoms with Crippen molar-refractivity contribution in [3.05, 3.63) is 30.3 Å². The van der Waals surface area contributed by atoms with Gasteiger partial charge in [-0.1, -0.05) is 18.2 Å². The number of para-hydroxylation sites is 1. The van der Waals surface area contributed by atoms with Crippen LogP contribution >= 0.6 is 0 Å². The van der Waals surface area contributed by atoms with Crippen molar-refractivity contribution in [3.63, 3.8) is 0 Å². The highest BCUT2D eigenvalue weighted by Gasteiger charge is 2.23. The maximum absolute atomic E-state index is 12.0. The van der Waals surface area contributed by atoms with E-state index in [1.165, 1.54) is 0 Å². The lowest BCUT2D eigenvalue weighted by Crippen LogP contribution is -2.47. The Bertz CT molecular complexity index is 435. The molecule has 1 heterocycles. The zero-order valence-electron chi connectivity index (χ0n) is 12.0. The van der Waals surface area contributed by atoms with Crippen molar-refractivity contribution in [1.29, 1.82) is 0 Å². The first-order valence-corrected chi connectivity index (χ1v) is 7.28. The number of aliphatic hydroxyl groups excluding tert-OH is 1. The fraction of sp³-hybridized carbons (Fsp3) is 0.533. The predicted molar refractivity (Wildman–Crippen MR) is 77.3 cm³/mol. The van der Waals surface area contributed by atoms with E-state index < -0.39 is 12.1 Å². The molecule has 2 rings (SSSR count). The third kappa shape index (κ3) is 4.91. The van der Waals surface area contributed by atoms with E-state index in [1.54, 1.807) is 17.0 Å². The number of aliphatic hydroxyl groups is 1. The van der Waals surface area contributed by atoms with E-state index in [-0.39, 0.29) is 13.2 Å². The van der Waals surface area contributed by atoms with Crippen LogP contribution in [0.1, 0.15) is 19.3 Å². The van der Waals surface area contributed by atoms with Crippen LogP contribution in [0.2, 0.25) is 0 Å². The van der Waals surface area contributed by atoms with Gasteiger partial charge in [-0.2, -0.15) is 0 Å². The van der Waals surface area contributed by atoms with Gasteiger partial charge in [-0.25, -0.2) is 9.86 Å². The van der Waals surface area contributed by atoms with E-state index >= 15 is 0 Å². The van der Waals surface area contributed by atoms with Gasteiger partial charge in [-0.15, -0.1) is 0 Å². The molecular formula is C15H22N2O4. The van der Waals surface area contributed by atoms with E-state index in [1.807, 2.05) is 18.2 Å². The van der Waals surface area contributed by atoms with Crippen LogP contribution in [0.4, 0.5) is 4.79 Å². The maximum Gasteiger partial charge on any atom is 0.343 e. The molecule has 1 fully saturated rings. The SMILES string of the molecule is O=C(N(O)CC(O)COc1ccccc1)N1CCCCC1. The van der Waals surface area contributed by atoms with Gasteiger partial charge in [0, 0.05) is 13.1 Å². The Kier molecular flexibility index (Phi) is 5.83. The zero-order chi connectivity index (χ0) is 15.1. The highest BCUT2D eigenvalue weighted by atomic mass is 16.5. The minimum absolute atomic E-state index is 0.0222. The Morgan fingerprint density at radius 2 is 1.90 bits per heavy atom. The lowest BCUT2D eigenvalue weighted by atomic mass is 10.1. The summed E-state index contributed by atoms with van der Waals surface area (Å²) in [5.74, 6) is 0.642. The van der Waals surface area contributed by atoms with Crippen molar-refractivity contribution in [2.24, 2.45) is 0 Å². The molecule has 2 N–H and O–H groups in total. The number of ether oxygens (including phenoxy) is 1. The summed E-state index contributed by atoms with van der Waals surface area (Å²) in [5.41, 5.74) is 0. The second kappa shape index (κ2) is 7.85. The van der Waals surface area contributed by atoms with E-state index in [9.17, 15) is 15.1 Å². The minimum atomic E-state index is -0.941. The molecule has 0 spiro atoms. The molecule has 2 amide bonds. The van der Waals surface area contributed by atoms with Crippen molar-refractivity contribution in [3.8, 4) is 5.75 Å². The van der Waals surface area contributed by atoms with Crippen LogP contribution < -0.4 is 4.74 Å². The van der Waals surface area contributed by atoms with Crippen LogP contribution in [-0.2, 0) is 0 Å². The van der Waals surface area contributed by atoms with Crippen LogP contribution in [-0.4, -0.2) is 58.7 Å². The number of nitrogens with zero attached hydrogens (tertiary/aromatic N) is 2. The summed E-state index contributed by atoms with van der Waals surface area (Å²) in [6.07, 6.45) is 2.09. The summed E-state index contributed by atoms with van der Waals surface area (Å²) in [5, 5.41) is 20.2. The van der Waals surface area contributed by atoms with Gasteiger partial charge in [0.25, 0.3) is 0 Å². The first-order chi connectivity index (χ1) is 10.2. The zero-order valence-corrected chi connectivity index (χ0v) is 12.0. The quantitative estimate of drug-likeness (QED) is 0.640. The summed E-state index contributed by atoms with van der Waals surface area (Å²) in [6, 6.07) is 8.65. The van der Waals surface area contributed by atoms with Gasteiger partial charge < -0.3 is 14.7 Å².